The van der Waals surface area contributed by atoms with Gasteiger partial charge in [-0.3, -0.25) is 0 Å². The molecule has 2 unspecified atom stereocenters. The summed E-state index contributed by atoms with van der Waals surface area (Å²) < 4.78 is 11.2. The van der Waals surface area contributed by atoms with Crippen molar-refractivity contribution in [1.82, 2.24) is 4.90 Å². The minimum atomic E-state index is 0.270. The van der Waals surface area contributed by atoms with E-state index in [1.807, 2.05) is 87.2 Å². The Morgan fingerprint density at radius 3 is 2.46 bits per heavy atom. The van der Waals surface area contributed by atoms with E-state index in [-0.39, 0.29) is 5.92 Å². The molecule has 0 radical (unpaired) electrons. The molecule has 2 heterocycles. The zero-order valence-electron chi connectivity index (χ0n) is 22.0. The Morgan fingerprint density at radius 1 is 1.06 bits per heavy atom. The molecule has 35 heavy (non-hydrogen) atoms. The standard InChI is InChI=1S/C21H20OS.C8H17NO.C2H6/c1-3-4-6-11-16(2)21-20(22-17-12-7-5-8-13-17)18-14-9-10-15-19(18)23-21;1-10-8-7-9-5-3-2-4-6-9;1-2/h3-15,18-19H,2H2,1H3;2-8H2,1H3;1-2H3/b4-3-,11-6-;;. The lowest BCUT2D eigenvalue weighted by Gasteiger charge is -2.25. The molecule has 1 aromatic rings. The summed E-state index contributed by atoms with van der Waals surface area (Å²) in [5, 5.41) is 0.389. The SMILES string of the molecule is C=C(/C=C\C=C/C)C1=C(Oc2ccccc2)C2C=CC=CC2S1.CC.COCCN1CCCCC1. The minimum Gasteiger partial charge on any atom is -0.460 e. The summed E-state index contributed by atoms with van der Waals surface area (Å²) in [5.74, 6) is 2.14. The van der Waals surface area contributed by atoms with E-state index in [1.54, 1.807) is 7.11 Å². The van der Waals surface area contributed by atoms with Crippen LogP contribution in [0.1, 0.15) is 40.0 Å². The van der Waals surface area contributed by atoms with Crippen LogP contribution in [0.15, 0.2) is 102 Å². The van der Waals surface area contributed by atoms with Gasteiger partial charge in [0.2, 0.25) is 0 Å². The fraction of sp³-hybridized carbons (Fsp3) is 0.419. The normalized spacial score (nSPS) is 21.4. The highest BCUT2D eigenvalue weighted by atomic mass is 32.2. The molecule has 0 N–H and O–H groups in total. The molecule has 0 spiro atoms. The van der Waals surface area contributed by atoms with E-state index in [9.17, 15) is 0 Å². The Kier molecular flexibility index (Phi) is 14.2. The van der Waals surface area contributed by atoms with Crippen LogP contribution in [0.25, 0.3) is 0 Å². The lowest BCUT2D eigenvalue weighted by atomic mass is 9.97. The van der Waals surface area contributed by atoms with Crippen molar-refractivity contribution >= 4 is 11.8 Å². The third-order valence-corrected chi connectivity index (χ3v) is 7.21. The molecule has 1 fully saturated rings. The van der Waals surface area contributed by atoms with Gasteiger partial charge in [0.05, 0.1) is 17.4 Å². The second kappa shape index (κ2) is 17.2. The second-order valence-corrected chi connectivity index (χ2v) is 9.48. The molecule has 3 aliphatic rings. The maximum absolute atomic E-state index is 6.25. The van der Waals surface area contributed by atoms with Crippen molar-refractivity contribution in [1.29, 1.82) is 0 Å². The molecule has 4 rings (SSSR count). The lowest BCUT2D eigenvalue weighted by molar-refractivity contribution is 0.135. The van der Waals surface area contributed by atoms with Crippen LogP contribution in [0.4, 0.5) is 0 Å². The number of ether oxygens (including phenoxy) is 2. The first kappa shape index (κ1) is 29.0. The average molecular weight is 494 g/mol. The van der Waals surface area contributed by atoms with E-state index in [2.05, 4.69) is 35.8 Å². The van der Waals surface area contributed by atoms with Crippen molar-refractivity contribution in [3.05, 3.63) is 102 Å². The predicted octanol–water partition coefficient (Wildman–Crippen LogP) is 7.97. The molecule has 0 bridgehead atoms. The molecule has 0 saturated carbocycles. The van der Waals surface area contributed by atoms with Gasteiger partial charge in [-0.15, -0.1) is 11.8 Å². The topological polar surface area (TPSA) is 21.7 Å². The first-order chi connectivity index (χ1) is 17.2. The number of allylic oxidation sites excluding steroid dienone is 8. The van der Waals surface area contributed by atoms with E-state index in [1.165, 1.54) is 32.4 Å². The van der Waals surface area contributed by atoms with E-state index in [4.69, 9.17) is 9.47 Å². The number of fused-ring (bicyclic) bond motifs is 1. The monoisotopic (exact) mass is 493 g/mol. The quantitative estimate of drug-likeness (QED) is 0.342. The molecule has 1 saturated heterocycles. The Morgan fingerprint density at radius 2 is 1.77 bits per heavy atom. The van der Waals surface area contributed by atoms with Gasteiger partial charge < -0.3 is 14.4 Å². The third-order valence-electron chi connectivity index (χ3n) is 5.79. The number of likely N-dealkylation sites (tertiary alicyclic amines) is 1. The molecule has 3 nitrogen and oxygen atoms in total. The zero-order chi connectivity index (χ0) is 25.3. The first-order valence-corrected chi connectivity index (χ1v) is 13.8. The van der Waals surface area contributed by atoms with Crippen molar-refractivity contribution in [2.75, 3.05) is 33.4 Å². The number of methoxy groups -OCH3 is 1. The largest absolute Gasteiger partial charge is 0.460 e. The van der Waals surface area contributed by atoms with Gasteiger partial charge in [0.1, 0.15) is 11.5 Å². The molecule has 4 heteroatoms. The fourth-order valence-electron chi connectivity index (χ4n) is 4.01. The van der Waals surface area contributed by atoms with Crippen molar-refractivity contribution in [3.8, 4) is 5.75 Å². The Hall–Kier alpha value is -2.27. The number of nitrogens with zero attached hydrogens (tertiary/aromatic N) is 1. The highest BCUT2D eigenvalue weighted by Gasteiger charge is 2.36. The Labute approximate surface area is 218 Å². The third kappa shape index (κ3) is 9.71. The molecule has 1 aromatic carbocycles. The van der Waals surface area contributed by atoms with Gasteiger partial charge in [0, 0.05) is 18.9 Å². The lowest BCUT2D eigenvalue weighted by Crippen LogP contribution is -2.32. The van der Waals surface area contributed by atoms with Crippen LogP contribution in [-0.4, -0.2) is 43.5 Å². The highest BCUT2D eigenvalue weighted by molar-refractivity contribution is 8.04. The van der Waals surface area contributed by atoms with Gasteiger partial charge >= 0.3 is 0 Å². The van der Waals surface area contributed by atoms with Gasteiger partial charge in [-0.1, -0.05) is 93.7 Å². The molecule has 0 aromatic heterocycles. The number of benzene rings is 1. The Balaban J connectivity index is 0.000000302. The van der Waals surface area contributed by atoms with Gasteiger partial charge in [0.25, 0.3) is 0 Å². The van der Waals surface area contributed by atoms with Crippen LogP contribution in [0.3, 0.4) is 0 Å². The summed E-state index contributed by atoms with van der Waals surface area (Å²) in [6, 6.07) is 9.96. The number of rotatable bonds is 8. The Bertz CT molecular complexity index is 892. The van der Waals surface area contributed by atoms with E-state index in [0.29, 0.717) is 5.25 Å². The van der Waals surface area contributed by atoms with E-state index in [0.717, 1.165) is 35.1 Å². The van der Waals surface area contributed by atoms with Gasteiger partial charge in [-0.25, -0.2) is 0 Å². The summed E-state index contributed by atoms with van der Waals surface area (Å²) in [7, 11) is 1.77. The molecule has 1 aliphatic carbocycles. The number of piperidine rings is 1. The van der Waals surface area contributed by atoms with E-state index < -0.39 is 0 Å². The molecule has 0 amide bonds. The summed E-state index contributed by atoms with van der Waals surface area (Å²) in [6.45, 7) is 14.8. The van der Waals surface area contributed by atoms with Crippen LogP contribution in [0.2, 0.25) is 0 Å². The van der Waals surface area contributed by atoms with Crippen LogP contribution >= 0.6 is 11.8 Å². The zero-order valence-corrected chi connectivity index (χ0v) is 22.8. The van der Waals surface area contributed by atoms with Crippen LogP contribution in [0.5, 0.6) is 5.75 Å². The second-order valence-electron chi connectivity index (χ2n) is 8.29. The molecular formula is C31H43NO2S. The van der Waals surface area contributed by atoms with Crippen LogP contribution in [0, 0.1) is 5.92 Å². The van der Waals surface area contributed by atoms with Crippen LogP contribution < -0.4 is 4.74 Å². The first-order valence-electron chi connectivity index (χ1n) is 12.9. The number of hydrogen-bond donors (Lipinski definition) is 0. The maximum atomic E-state index is 6.25. The van der Waals surface area contributed by atoms with Crippen molar-refractivity contribution in [3.63, 3.8) is 0 Å². The molecule has 2 atom stereocenters. The van der Waals surface area contributed by atoms with Crippen LogP contribution in [-0.2, 0) is 4.74 Å². The smallest absolute Gasteiger partial charge is 0.127 e. The highest BCUT2D eigenvalue weighted by Crippen LogP contribution is 2.48. The van der Waals surface area contributed by atoms with Gasteiger partial charge in [-0.05, 0) is 50.6 Å². The average Bonchev–Trinajstić information content (AvgIpc) is 3.29. The molecular weight excluding hydrogens is 450 g/mol. The maximum Gasteiger partial charge on any atom is 0.127 e. The number of thioether (sulfide) groups is 1. The van der Waals surface area contributed by atoms with Crippen molar-refractivity contribution < 1.29 is 9.47 Å². The summed E-state index contributed by atoms with van der Waals surface area (Å²) >= 11 is 1.83. The summed E-state index contributed by atoms with van der Waals surface area (Å²) in [5.41, 5.74) is 0.996. The van der Waals surface area contributed by atoms with Gasteiger partial charge in [0.15, 0.2) is 0 Å². The molecule has 2 aliphatic heterocycles. The number of para-hydroxylation sites is 1. The fourth-order valence-corrected chi connectivity index (χ4v) is 5.32. The summed E-state index contributed by atoms with van der Waals surface area (Å²) in [6.07, 6.45) is 20.9. The minimum absolute atomic E-state index is 0.270. The van der Waals surface area contributed by atoms with Crippen molar-refractivity contribution in [2.24, 2.45) is 5.92 Å². The van der Waals surface area contributed by atoms with Crippen molar-refractivity contribution in [2.45, 2.75) is 45.3 Å². The number of hydrogen-bond acceptors (Lipinski definition) is 4. The van der Waals surface area contributed by atoms with E-state index >= 15 is 0 Å². The summed E-state index contributed by atoms with van der Waals surface area (Å²) in [4.78, 5) is 3.62. The predicted molar refractivity (Wildman–Crippen MR) is 154 cm³/mol. The van der Waals surface area contributed by atoms with Gasteiger partial charge in [-0.2, -0.15) is 0 Å². The molecule has 190 valence electrons.